The van der Waals surface area contributed by atoms with Crippen LogP contribution in [0.1, 0.15) is 18.1 Å². The van der Waals surface area contributed by atoms with Gasteiger partial charge in [-0.3, -0.25) is 0 Å². The van der Waals surface area contributed by atoms with Crippen LogP contribution in [-0.2, 0) is 5.75 Å². The number of nitrogens with zero attached hydrogens (tertiary/aromatic N) is 3. The number of fused-ring (bicyclic) bond motifs is 3. The van der Waals surface area contributed by atoms with Crippen molar-refractivity contribution in [3.8, 4) is 17.1 Å². The highest BCUT2D eigenvalue weighted by Crippen LogP contribution is 2.36. The molecule has 1 N–H and O–H groups in total. The van der Waals surface area contributed by atoms with Crippen molar-refractivity contribution in [2.24, 2.45) is 0 Å². The first-order valence-corrected chi connectivity index (χ1v) is 9.13. The number of aryl methyl sites for hydroxylation is 1. The molecule has 0 saturated heterocycles. The predicted molar refractivity (Wildman–Crippen MR) is 99.7 cm³/mol. The Morgan fingerprint density at radius 1 is 1.08 bits per heavy atom. The lowest BCUT2D eigenvalue weighted by molar-refractivity contribution is 0.240. The van der Waals surface area contributed by atoms with E-state index in [-0.39, 0.29) is 6.23 Å². The van der Waals surface area contributed by atoms with Crippen LogP contribution in [0, 0.1) is 6.92 Å². The van der Waals surface area contributed by atoms with Crippen LogP contribution in [0.3, 0.4) is 0 Å². The van der Waals surface area contributed by atoms with Crippen molar-refractivity contribution in [2.75, 3.05) is 5.32 Å². The van der Waals surface area contributed by atoms with E-state index in [1.807, 2.05) is 31.2 Å². The highest BCUT2D eigenvalue weighted by Gasteiger charge is 2.22. The first-order chi connectivity index (χ1) is 12.2. The maximum atomic E-state index is 5.91. The van der Waals surface area contributed by atoms with Gasteiger partial charge < -0.3 is 10.1 Å². The normalized spacial score (nSPS) is 15.4. The van der Waals surface area contributed by atoms with Gasteiger partial charge in [0.15, 0.2) is 11.9 Å². The first-order valence-electron chi connectivity index (χ1n) is 8.15. The molecule has 0 aliphatic carbocycles. The second kappa shape index (κ2) is 6.72. The SMILES string of the molecule is Cc1ccc(CSc2nnc3c(n2)O[C@H](C)Nc2ccccc2-3)cc1. The molecule has 0 amide bonds. The molecule has 1 aromatic heterocycles. The van der Waals surface area contributed by atoms with E-state index in [2.05, 4.69) is 51.7 Å². The van der Waals surface area contributed by atoms with Crippen LogP contribution >= 0.6 is 11.8 Å². The quantitative estimate of drug-likeness (QED) is 0.711. The summed E-state index contributed by atoms with van der Waals surface area (Å²) in [5.74, 6) is 1.32. The highest BCUT2D eigenvalue weighted by atomic mass is 32.2. The van der Waals surface area contributed by atoms with Gasteiger partial charge in [0.2, 0.25) is 11.0 Å². The van der Waals surface area contributed by atoms with Crippen molar-refractivity contribution in [1.82, 2.24) is 15.2 Å². The number of hydrogen-bond acceptors (Lipinski definition) is 6. The molecule has 1 aliphatic rings. The van der Waals surface area contributed by atoms with E-state index in [1.54, 1.807) is 11.8 Å². The van der Waals surface area contributed by atoms with E-state index in [0.717, 1.165) is 17.0 Å². The molecule has 126 valence electrons. The summed E-state index contributed by atoms with van der Waals surface area (Å²) in [5.41, 5.74) is 5.09. The molecule has 4 rings (SSSR count). The van der Waals surface area contributed by atoms with Gasteiger partial charge in [-0.1, -0.05) is 59.8 Å². The van der Waals surface area contributed by atoms with Gasteiger partial charge >= 0.3 is 0 Å². The molecular formula is C19H18N4OS. The fraction of sp³-hybridized carbons (Fsp3) is 0.211. The summed E-state index contributed by atoms with van der Waals surface area (Å²) in [6.07, 6.45) is -0.186. The third-order valence-corrected chi connectivity index (χ3v) is 4.86. The lowest BCUT2D eigenvalue weighted by atomic mass is 10.1. The van der Waals surface area contributed by atoms with E-state index in [1.165, 1.54) is 11.1 Å². The minimum absolute atomic E-state index is 0.186. The van der Waals surface area contributed by atoms with Gasteiger partial charge in [-0.15, -0.1) is 10.2 Å². The van der Waals surface area contributed by atoms with Gasteiger partial charge in [0.1, 0.15) is 0 Å². The van der Waals surface area contributed by atoms with Crippen LogP contribution in [0.15, 0.2) is 53.7 Å². The summed E-state index contributed by atoms with van der Waals surface area (Å²) in [6.45, 7) is 4.04. The monoisotopic (exact) mass is 350 g/mol. The van der Waals surface area contributed by atoms with E-state index in [4.69, 9.17) is 4.74 Å². The first kappa shape index (κ1) is 15.9. The number of hydrogen-bond donors (Lipinski definition) is 1. The molecule has 0 radical (unpaired) electrons. The molecule has 25 heavy (non-hydrogen) atoms. The summed E-state index contributed by atoms with van der Waals surface area (Å²) in [7, 11) is 0. The molecule has 0 fully saturated rings. The summed E-state index contributed by atoms with van der Waals surface area (Å²) in [5, 5.41) is 12.6. The molecule has 3 aromatic rings. The van der Waals surface area contributed by atoms with E-state index in [0.29, 0.717) is 16.7 Å². The zero-order valence-corrected chi connectivity index (χ0v) is 14.9. The molecule has 1 aliphatic heterocycles. The van der Waals surface area contributed by atoms with Crippen molar-refractivity contribution in [3.63, 3.8) is 0 Å². The zero-order chi connectivity index (χ0) is 17.2. The number of thioether (sulfide) groups is 1. The van der Waals surface area contributed by atoms with E-state index < -0.39 is 0 Å². The van der Waals surface area contributed by atoms with Crippen LogP contribution in [0.4, 0.5) is 5.69 Å². The van der Waals surface area contributed by atoms with Crippen LogP contribution in [-0.4, -0.2) is 21.4 Å². The van der Waals surface area contributed by atoms with Gasteiger partial charge in [0.05, 0.1) is 0 Å². The molecule has 1 atom stereocenters. The molecule has 5 nitrogen and oxygen atoms in total. The summed E-state index contributed by atoms with van der Waals surface area (Å²) < 4.78 is 5.91. The van der Waals surface area contributed by atoms with Crippen molar-refractivity contribution in [2.45, 2.75) is 31.0 Å². The number of benzene rings is 2. The largest absolute Gasteiger partial charge is 0.452 e. The molecule has 6 heteroatoms. The Hall–Kier alpha value is -2.60. The zero-order valence-electron chi connectivity index (χ0n) is 14.1. The number of nitrogens with one attached hydrogen (secondary N) is 1. The highest BCUT2D eigenvalue weighted by molar-refractivity contribution is 7.98. The second-order valence-electron chi connectivity index (χ2n) is 5.97. The fourth-order valence-electron chi connectivity index (χ4n) is 2.67. The lowest BCUT2D eigenvalue weighted by Crippen LogP contribution is -2.21. The minimum Gasteiger partial charge on any atom is -0.452 e. The number of aromatic nitrogens is 3. The Bertz CT molecular complexity index is 898. The van der Waals surface area contributed by atoms with Gasteiger partial charge in [-0.05, 0) is 25.5 Å². The average molecular weight is 350 g/mol. The standard InChI is InChI=1S/C19H18N4OS/c1-12-7-9-14(10-8-12)11-25-19-21-18-17(22-23-19)15-5-3-4-6-16(15)20-13(2)24-18/h3-10,13,20H,11H2,1-2H3/t13-/m1/s1. The maximum absolute atomic E-state index is 5.91. The number of rotatable bonds is 3. The van der Waals surface area contributed by atoms with Crippen LogP contribution < -0.4 is 10.1 Å². The van der Waals surface area contributed by atoms with Crippen LogP contribution in [0.5, 0.6) is 5.88 Å². The van der Waals surface area contributed by atoms with Crippen molar-refractivity contribution < 1.29 is 4.74 Å². The molecule has 2 aromatic carbocycles. The Morgan fingerprint density at radius 3 is 2.72 bits per heavy atom. The van der Waals surface area contributed by atoms with Crippen LogP contribution in [0.2, 0.25) is 0 Å². The van der Waals surface area contributed by atoms with Gasteiger partial charge in [0.25, 0.3) is 0 Å². The smallest absolute Gasteiger partial charge is 0.247 e. The summed E-state index contributed by atoms with van der Waals surface area (Å²) in [6, 6.07) is 16.4. The molecule has 0 saturated carbocycles. The molecule has 0 unspecified atom stereocenters. The second-order valence-corrected chi connectivity index (χ2v) is 6.91. The summed E-state index contributed by atoms with van der Waals surface area (Å²) in [4.78, 5) is 4.58. The molecular weight excluding hydrogens is 332 g/mol. The molecule has 0 spiro atoms. The van der Waals surface area contributed by atoms with Crippen molar-refractivity contribution >= 4 is 17.4 Å². The Kier molecular flexibility index (Phi) is 4.28. The van der Waals surface area contributed by atoms with Crippen LogP contribution in [0.25, 0.3) is 11.3 Å². The average Bonchev–Trinajstić information content (AvgIpc) is 2.76. The number of para-hydroxylation sites is 1. The molecule has 2 heterocycles. The van der Waals surface area contributed by atoms with E-state index >= 15 is 0 Å². The van der Waals surface area contributed by atoms with Crippen molar-refractivity contribution in [1.29, 1.82) is 0 Å². The Balaban J connectivity index is 1.60. The number of ether oxygens (including phenoxy) is 1. The third kappa shape index (κ3) is 3.44. The third-order valence-electron chi connectivity index (χ3n) is 3.95. The summed E-state index contributed by atoms with van der Waals surface area (Å²) >= 11 is 1.56. The number of anilines is 1. The topological polar surface area (TPSA) is 59.9 Å². The Labute approximate surface area is 150 Å². The fourth-order valence-corrected chi connectivity index (χ4v) is 3.41. The van der Waals surface area contributed by atoms with E-state index in [9.17, 15) is 0 Å². The van der Waals surface area contributed by atoms with Crippen molar-refractivity contribution in [3.05, 3.63) is 59.7 Å². The Morgan fingerprint density at radius 2 is 1.88 bits per heavy atom. The van der Waals surface area contributed by atoms with Gasteiger partial charge in [-0.2, -0.15) is 4.98 Å². The van der Waals surface area contributed by atoms with Gasteiger partial charge in [0, 0.05) is 17.0 Å². The molecule has 0 bridgehead atoms. The van der Waals surface area contributed by atoms with Gasteiger partial charge in [-0.25, -0.2) is 0 Å². The minimum atomic E-state index is -0.186. The predicted octanol–water partition coefficient (Wildman–Crippen LogP) is 4.29. The maximum Gasteiger partial charge on any atom is 0.247 e. The lowest BCUT2D eigenvalue weighted by Gasteiger charge is -2.13.